The van der Waals surface area contributed by atoms with Gasteiger partial charge >= 0.3 is 0 Å². The Kier molecular flexibility index (Phi) is 5.57. The number of benzene rings is 1. The summed E-state index contributed by atoms with van der Waals surface area (Å²) in [5.74, 6) is -0.880. The molecule has 2 aromatic heterocycles. The molecule has 27 heavy (non-hydrogen) atoms. The first-order valence-electron chi connectivity index (χ1n) is 7.96. The number of ether oxygens (including phenoxy) is 1. The Hall–Kier alpha value is -3.11. The molecule has 2 heterocycles. The molecule has 3 aromatic rings. The van der Waals surface area contributed by atoms with Gasteiger partial charge in [-0.1, -0.05) is 18.2 Å². The Morgan fingerprint density at radius 2 is 2.00 bits per heavy atom. The highest BCUT2D eigenvalue weighted by molar-refractivity contribution is 5.54. The average molecular weight is 377 g/mol. The zero-order chi connectivity index (χ0) is 19.4. The van der Waals surface area contributed by atoms with Crippen LogP contribution >= 0.6 is 0 Å². The van der Waals surface area contributed by atoms with E-state index in [1.165, 1.54) is 17.9 Å². The van der Waals surface area contributed by atoms with Crippen molar-refractivity contribution in [2.45, 2.75) is 12.8 Å². The van der Waals surface area contributed by atoms with Gasteiger partial charge in [0, 0.05) is 11.6 Å². The fourth-order valence-corrected chi connectivity index (χ4v) is 2.38. The zero-order valence-corrected chi connectivity index (χ0v) is 14.3. The standard InChI is InChI=1S/C17H17F2N5O3/c1-27-14-6-13(23-24(14)9-10-4-2-3-5-11(10)18)17-20-7-12(19)16(22-17)21-8-15(25)26/h2-7,15,25-26H,8-9H2,1H3,(H,20,21,22). The SMILES string of the molecule is COc1cc(-c2ncc(F)c(NCC(O)O)n2)nn1Cc1ccccc1F. The highest BCUT2D eigenvalue weighted by Gasteiger charge is 2.16. The van der Waals surface area contributed by atoms with Crippen LogP contribution in [0.2, 0.25) is 0 Å². The molecule has 0 atom stereocenters. The lowest BCUT2D eigenvalue weighted by Crippen LogP contribution is -2.19. The zero-order valence-electron chi connectivity index (χ0n) is 14.3. The van der Waals surface area contributed by atoms with Crippen molar-refractivity contribution in [2.24, 2.45) is 0 Å². The third-order valence-electron chi connectivity index (χ3n) is 3.66. The van der Waals surface area contributed by atoms with Crippen LogP contribution in [0.25, 0.3) is 11.5 Å². The number of nitrogens with zero attached hydrogens (tertiary/aromatic N) is 4. The van der Waals surface area contributed by atoms with Gasteiger partial charge in [0.05, 0.1) is 26.4 Å². The molecule has 0 saturated carbocycles. The van der Waals surface area contributed by atoms with Crippen molar-refractivity contribution in [3.8, 4) is 17.4 Å². The average Bonchev–Trinajstić information content (AvgIpc) is 3.06. The van der Waals surface area contributed by atoms with Gasteiger partial charge in [0.2, 0.25) is 5.88 Å². The van der Waals surface area contributed by atoms with Crippen LogP contribution in [0, 0.1) is 11.6 Å². The predicted octanol–water partition coefficient (Wildman–Crippen LogP) is 1.40. The molecule has 1 aromatic carbocycles. The molecule has 0 aliphatic rings. The van der Waals surface area contributed by atoms with Crippen molar-refractivity contribution < 1.29 is 23.7 Å². The van der Waals surface area contributed by atoms with Crippen LogP contribution in [-0.2, 0) is 6.54 Å². The third kappa shape index (κ3) is 4.36. The number of methoxy groups -OCH3 is 1. The first kappa shape index (κ1) is 18.7. The number of halogens is 2. The molecule has 0 aliphatic heterocycles. The Balaban J connectivity index is 1.90. The van der Waals surface area contributed by atoms with Gasteiger partial charge in [-0.15, -0.1) is 0 Å². The second-order valence-electron chi connectivity index (χ2n) is 5.57. The summed E-state index contributed by atoms with van der Waals surface area (Å²) >= 11 is 0. The highest BCUT2D eigenvalue weighted by atomic mass is 19.1. The van der Waals surface area contributed by atoms with Crippen molar-refractivity contribution in [2.75, 3.05) is 19.0 Å². The molecular formula is C17H17F2N5O3. The normalized spacial score (nSPS) is 11.0. The summed E-state index contributed by atoms with van der Waals surface area (Å²) in [6.45, 7) is -0.183. The lowest BCUT2D eigenvalue weighted by Gasteiger charge is -2.08. The van der Waals surface area contributed by atoms with E-state index in [2.05, 4.69) is 20.4 Å². The van der Waals surface area contributed by atoms with E-state index in [0.29, 0.717) is 11.4 Å². The van der Waals surface area contributed by atoms with Crippen LogP contribution in [0.15, 0.2) is 36.5 Å². The first-order chi connectivity index (χ1) is 13.0. The van der Waals surface area contributed by atoms with Gasteiger partial charge in [-0.05, 0) is 6.07 Å². The number of aliphatic hydroxyl groups is 2. The van der Waals surface area contributed by atoms with Crippen LogP contribution in [-0.4, -0.2) is 49.9 Å². The second-order valence-corrected chi connectivity index (χ2v) is 5.57. The minimum atomic E-state index is -1.66. The Morgan fingerprint density at radius 3 is 2.70 bits per heavy atom. The van der Waals surface area contributed by atoms with E-state index in [4.69, 9.17) is 14.9 Å². The number of hydrogen-bond donors (Lipinski definition) is 3. The van der Waals surface area contributed by atoms with Crippen molar-refractivity contribution >= 4 is 5.82 Å². The van der Waals surface area contributed by atoms with Crippen molar-refractivity contribution in [3.05, 3.63) is 53.7 Å². The maximum absolute atomic E-state index is 13.9. The second kappa shape index (κ2) is 8.06. The third-order valence-corrected chi connectivity index (χ3v) is 3.66. The molecule has 0 aliphatic carbocycles. The van der Waals surface area contributed by atoms with E-state index < -0.39 is 12.1 Å². The van der Waals surface area contributed by atoms with Crippen LogP contribution in [0.3, 0.4) is 0 Å². The quantitative estimate of drug-likeness (QED) is 0.535. The molecule has 3 rings (SSSR count). The van der Waals surface area contributed by atoms with Gasteiger partial charge in [-0.25, -0.2) is 23.4 Å². The van der Waals surface area contributed by atoms with E-state index in [1.807, 2.05) is 0 Å². The summed E-state index contributed by atoms with van der Waals surface area (Å²) in [5.41, 5.74) is 0.709. The van der Waals surface area contributed by atoms with Gasteiger partial charge in [0.15, 0.2) is 23.7 Å². The summed E-state index contributed by atoms with van der Waals surface area (Å²) in [7, 11) is 1.44. The molecule has 0 spiro atoms. The molecule has 0 amide bonds. The van der Waals surface area contributed by atoms with Gasteiger partial charge in [0.1, 0.15) is 11.5 Å². The molecule has 0 unspecified atom stereocenters. The van der Waals surface area contributed by atoms with Gasteiger partial charge in [0.25, 0.3) is 0 Å². The van der Waals surface area contributed by atoms with Gasteiger partial charge < -0.3 is 20.3 Å². The Morgan fingerprint density at radius 1 is 1.22 bits per heavy atom. The minimum Gasteiger partial charge on any atom is -0.481 e. The smallest absolute Gasteiger partial charge is 0.212 e. The van der Waals surface area contributed by atoms with E-state index in [9.17, 15) is 8.78 Å². The van der Waals surface area contributed by atoms with E-state index >= 15 is 0 Å². The largest absolute Gasteiger partial charge is 0.481 e. The number of rotatable bonds is 7. The van der Waals surface area contributed by atoms with Crippen LogP contribution in [0.4, 0.5) is 14.6 Å². The maximum Gasteiger partial charge on any atom is 0.212 e. The summed E-state index contributed by atoms with van der Waals surface area (Å²) in [6, 6.07) is 7.83. The van der Waals surface area contributed by atoms with E-state index in [-0.39, 0.29) is 36.2 Å². The van der Waals surface area contributed by atoms with Crippen LogP contribution in [0.1, 0.15) is 5.56 Å². The lowest BCUT2D eigenvalue weighted by molar-refractivity contribution is -0.0276. The molecule has 0 saturated heterocycles. The molecule has 8 nitrogen and oxygen atoms in total. The Labute approximate surface area is 153 Å². The van der Waals surface area contributed by atoms with E-state index in [0.717, 1.165) is 6.20 Å². The number of nitrogens with one attached hydrogen (secondary N) is 1. The summed E-state index contributed by atoms with van der Waals surface area (Å²) in [5, 5.41) is 24.5. The molecule has 3 N–H and O–H groups in total. The van der Waals surface area contributed by atoms with Crippen LogP contribution in [0.5, 0.6) is 5.88 Å². The van der Waals surface area contributed by atoms with Crippen molar-refractivity contribution in [1.29, 1.82) is 0 Å². The summed E-state index contributed by atoms with van der Waals surface area (Å²) in [6.07, 6.45) is -0.723. The maximum atomic E-state index is 13.9. The fourth-order valence-electron chi connectivity index (χ4n) is 2.38. The van der Waals surface area contributed by atoms with E-state index in [1.54, 1.807) is 24.3 Å². The first-order valence-corrected chi connectivity index (χ1v) is 7.96. The van der Waals surface area contributed by atoms with Crippen LogP contribution < -0.4 is 10.1 Å². The van der Waals surface area contributed by atoms with Crippen molar-refractivity contribution in [1.82, 2.24) is 19.7 Å². The topological polar surface area (TPSA) is 105 Å². The number of aromatic nitrogens is 4. The summed E-state index contributed by atoms with van der Waals surface area (Å²) in [4.78, 5) is 7.90. The van der Waals surface area contributed by atoms with Crippen molar-refractivity contribution in [3.63, 3.8) is 0 Å². The highest BCUT2D eigenvalue weighted by Crippen LogP contribution is 2.23. The molecule has 0 fully saturated rings. The number of anilines is 1. The summed E-state index contributed by atoms with van der Waals surface area (Å²) < 4.78 is 34.4. The fraction of sp³-hybridized carbons (Fsp3) is 0.235. The van der Waals surface area contributed by atoms with Gasteiger partial charge in [-0.3, -0.25) is 0 Å². The molecule has 0 bridgehead atoms. The number of hydrogen-bond acceptors (Lipinski definition) is 7. The minimum absolute atomic E-state index is 0.0944. The molecular weight excluding hydrogens is 360 g/mol. The van der Waals surface area contributed by atoms with Gasteiger partial charge in [-0.2, -0.15) is 5.10 Å². The monoisotopic (exact) mass is 377 g/mol. The number of aliphatic hydroxyl groups excluding tert-OH is 1. The molecule has 10 heteroatoms. The molecule has 142 valence electrons. The predicted molar refractivity (Wildman–Crippen MR) is 92.0 cm³/mol. The molecule has 0 radical (unpaired) electrons. The lowest BCUT2D eigenvalue weighted by atomic mass is 10.2. The Bertz CT molecular complexity index is 933.